The maximum atomic E-state index is 5.95. The first-order valence-corrected chi connectivity index (χ1v) is 6.57. The number of benzene rings is 1. The molecule has 0 bridgehead atoms. The lowest BCUT2D eigenvalue weighted by Crippen LogP contribution is -2.41. The fourth-order valence-electron chi connectivity index (χ4n) is 2.30. The van der Waals surface area contributed by atoms with Gasteiger partial charge in [-0.2, -0.15) is 5.10 Å². The Morgan fingerprint density at radius 3 is 2.60 bits per heavy atom. The van der Waals surface area contributed by atoms with Crippen molar-refractivity contribution in [1.82, 2.24) is 14.8 Å². The number of ether oxygens (including phenoxy) is 3. The first-order chi connectivity index (χ1) is 9.82. The van der Waals surface area contributed by atoms with E-state index in [1.165, 1.54) is 6.33 Å². The van der Waals surface area contributed by atoms with Crippen molar-refractivity contribution in [2.24, 2.45) is 0 Å². The summed E-state index contributed by atoms with van der Waals surface area (Å²) in [5.41, 5.74) is 0.952. The third-order valence-electron chi connectivity index (χ3n) is 3.33. The molecule has 2 heterocycles. The van der Waals surface area contributed by atoms with Crippen molar-refractivity contribution in [1.29, 1.82) is 0 Å². The van der Waals surface area contributed by atoms with Crippen LogP contribution < -0.4 is 4.74 Å². The van der Waals surface area contributed by atoms with Crippen LogP contribution in [-0.2, 0) is 21.8 Å². The van der Waals surface area contributed by atoms with Crippen LogP contribution in [-0.4, -0.2) is 35.1 Å². The zero-order valence-corrected chi connectivity index (χ0v) is 11.4. The molecule has 6 heteroatoms. The molecular weight excluding hydrogens is 258 g/mol. The topological polar surface area (TPSA) is 58.4 Å². The molecule has 2 aromatic rings. The molecule has 1 aromatic heterocycles. The molecule has 0 atom stereocenters. The molecule has 106 valence electrons. The van der Waals surface area contributed by atoms with E-state index in [-0.39, 0.29) is 0 Å². The second-order valence-corrected chi connectivity index (χ2v) is 4.62. The Bertz CT molecular complexity index is 533. The molecule has 3 rings (SSSR count). The molecule has 0 N–H and O–H groups in total. The summed E-state index contributed by atoms with van der Waals surface area (Å²) in [6.45, 7) is 1.81. The van der Waals surface area contributed by atoms with Crippen LogP contribution in [0.15, 0.2) is 36.9 Å². The molecule has 20 heavy (non-hydrogen) atoms. The van der Waals surface area contributed by atoms with Gasteiger partial charge in [0.25, 0.3) is 0 Å². The Hall–Kier alpha value is -1.92. The Morgan fingerprint density at radius 2 is 2.00 bits per heavy atom. The van der Waals surface area contributed by atoms with Gasteiger partial charge in [0, 0.05) is 5.56 Å². The highest BCUT2D eigenvalue weighted by atomic mass is 16.7. The summed E-state index contributed by atoms with van der Waals surface area (Å²) in [6.07, 6.45) is 4.06. The molecule has 0 radical (unpaired) electrons. The SMILES string of the molecule is COc1ccc(C2(Cn3cncn3)OCCCO2)cc1. The minimum absolute atomic E-state index is 0.472. The predicted molar refractivity (Wildman–Crippen MR) is 71.2 cm³/mol. The van der Waals surface area contributed by atoms with Crippen LogP contribution >= 0.6 is 0 Å². The number of hydrogen-bond acceptors (Lipinski definition) is 5. The lowest BCUT2D eigenvalue weighted by atomic mass is 10.0. The van der Waals surface area contributed by atoms with Gasteiger partial charge in [-0.15, -0.1) is 0 Å². The van der Waals surface area contributed by atoms with Gasteiger partial charge in [0.05, 0.1) is 20.3 Å². The van der Waals surface area contributed by atoms with Crippen LogP contribution in [0.5, 0.6) is 5.75 Å². The maximum Gasteiger partial charge on any atom is 0.215 e. The Kier molecular flexibility index (Phi) is 3.66. The van der Waals surface area contributed by atoms with E-state index in [4.69, 9.17) is 14.2 Å². The average molecular weight is 275 g/mol. The van der Waals surface area contributed by atoms with Gasteiger partial charge in [-0.25, -0.2) is 9.67 Å². The van der Waals surface area contributed by atoms with Gasteiger partial charge < -0.3 is 14.2 Å². The van der Waals surface area contributed by atoms with E-state index in [1.807, 2.05) is 24.3 Å². The van der Waals surface area contributed by atoms with Crippen LogP contribution in [0.25, 0.3) is 0 Å². The second kappa shape index (κ2) is 5.60. The fourth-order valence-corrected chi connectivity index (χ4v) is 2.30. The van der Waals surface area contributed by atoms with E-state index < -0.39 is 5.79 Å². The second-order valence-electron chi connectivity index (χ2n) is 4.62. The molecule has 0 amide bonds. The van der Waals surface area contributed by atoms with E-state index in [0.717, 1.165) is 17.7 Å². The lowest BCUT2D eigenvalue weighted by molar-refractivity contribution is -0.284. The fraction of sp³-hybridized carbons (Fsp3) is 0.429. The Morgan fingerprint density at radius 1 is 1.25 bits per heavy atom. The molecule has 1 aliphatic heterocycles. The molecule has 0 aliphatic carbocycles. The Labute approximate surface area is 117 Å². The summed E-state index contributed by atoms with van der Waals surface area (Å²) in [7, 11) is 1.65. The minimum atomic E-state index is -0.807. The lowest BCUT2D eigenvalue weighted by Gasteiger charge is -2.37. The molecule has 0 saturated carbocycles. The summed E-state index contributed by atoms with van der Waals surface area (Å²) in [6, 6.07) is 7.72. The molecule has 1 saturated heterocycles. The largest absolute Gasteiger partial charge is 0.497 e. The van der Waals surface area contributed by atoms with E-state index in [0.29, 0.717) is 19.8 Å². The van der Waals surface area contributed by atoms with E-state index in [2.05, 4.69) is 10.1 Å². The normalized spacial score (nSPS) is 17.9. The van der Waals surface area contributed by atoms with Crippen LogP contribution in [0, 0.1) is 0 Å². The van der Waals surface area contributed by atoms with Crippen LogP contribution in [0.4, 0.5) is 0 Å². The summed E-state index contributed by atoms with van der Waals surface area (Å²) >= 11 is 0. The minimum Gasteiger partial charge on any atom is -0.497 e. The molecule has 1 fully saturated rings. The van der Waals surface area contributed by atoms with Crippen LogP contribution in [0.3, 0.4) is 0 Å². The third kappa shape index (κ3) is 2.52. The first-order valence-electron chi connectivity index (χ1n) is 6.57. The molecule has 6 nitrogen and oxygen atoms in total. The van der Waals surface area contributed by atoms with Gasteiger partial charge in [-0.1, -0.05) is 0 Å². The van der Waals surface area contributed by atoms with Crippen molar-refractivity contribution in [3.05, 3.63) is 42.5 Å². The molecular formula is C14H17N3O3. The molecule has 1 aliphatic rings. The van der Waals surface area contributed by atoms with Gasteiger partial charge in [0.15, 0.2) is 0 Å². The zero-order valence-electron chi connectivity index (χ0n) is 11.4. The number of nitrogens with zero attached hydrogens (tertiary/aromatic N) is 3. The van der Waals surface area contributed by atoms with Crippen LogP contribution in [0.2, 0.25) is 0 Å². The first kappa shape index (κ1) is 13.1. The van der Waals surface area contributed by atoms with Crippen molar-refractivity contribution >= 4 is 0 Å². The summed E-state index contributed by atoms with van der Waals surface area (Å²) in [5, 5.41) is 4.14. The van der Waals surface area contributed by atoms with Gasteiger partial charge >= 0.3 is 0 Å². The standard InChI is InChI=1S/C14H17N3O3/c1-18-13-5-3-12(4-6-13)14(19-7-2-8-20-14)9-17-11-15-10-16-17/h3-6,10-11H,2,7-9H2,1H3. The monoisotopic (exact) mass is 275 g/mol. The van der Waals surface area contributed by atoms with Gasteiger partial charge in [-0.3, -0.25) is 0 Å². The molecule has 0 spiro atoms. The summed E-state index contributed by atoms with van der Waals surface area (Å²) in [5.74, 6) is -0.00133. The maximum absolute atomic E-state index is 5.95. The highest BCUT2D eigenvalue weighted by Gasteiger charge is 2.37. The van der Waals surface area contributed by atoms with E-state index in [1.54, 1.807) is 18.1 Å². The van der Waals surface area contributed by atoms with Crippen molar-refractivity contribution < 1.29 is 14.2 Å². The molecule has 1 aromatic carbocycles. The van der Waals surface area contributed by atoms with Gasteiger partial charge in [-0.05, 0) is 30.7 Å². The van der Waals surface area contributed by atoms with Crippen LogP contribution in [0.1, 0.15) is 12.0 Å². The zero-order chi connectivity index (χ0) is 13.8. The smallest absolute Gasteiger partial charge is 0.215 e. The highest BCUT2D eigenvalue weighted by molar-refractivity contribution is 5.30. The summed E-state index contributed by atoms with van der Waals surface area (Å²) < 4.78 is 18.8. The van der Waals surface area contributed by atoms with Crippen molar-refractivity contribution in [3.63, 3.8) is 0 Å². The third-order valence-corrected chi connectivity index (χ3v) is 3.33. The average Bonchev–Trinajstić information content (AvgIpc) is 3.01. The quantitative estimate of drug-likeness (QED) is 0.848. The Balaban J connectivity index is 1.91. The molecule has 0 unspecified atom stereocenters. The van der Waals surface area contributed by atoms with Crippen molar-refractivity contribution in [2.45, 2.75) is 18.8 Å². The van der Waals surface area contributed by atoms with Gasteiger partial charge in [0.2, 0.25) is 5.79 Å². The number of aromatic nitrogens is 3. The predicted octanol–water partition coefficient (Wildman–Crippen LogP) is 1.58. The number of hydrogen-bond donors (Lipinski definition) is 0. The summed E-state index contributed by atoms with van der Waals surface area (Å²) in [4.78, 5) is 3.96. The van der Waals surface area contributed by atoms with Crippen molar-refractivity contribution in [2.75, 3.05) is 20.3 Å². The number of rotatable bonds is 4. The van der Waals surface area contributed by atoms with Gasteiger partial charge in [0.1, 0.15) is 24.9 Å². The van der Waals surface area contributed by atoms with E-state index >= 15 is 0 Å². The van der Waals surface area contributed by atoms with Crippen molar-refractivity contribution in [3.8, 4) is 5.75 Å². The highest BCUT2D eigenvalue weighted by Crippen LogP contribution is 2.33. The number of methoxy groups -OCH3 is 1. The van der Waals surface area contributed by atoms with E-state index in [9.17, 15) is 0 Å².